The van der Waals surface area contributed by atoms with Gasteiger partial charge in [-0.25, -0.2) is 0 Å². The number of nitrogens with one attached hydrogen (secondary N) is 2. The maximum atomic E-state index is 11.9. The van der Waals surface area contributed by atoms with Gasteiger partial charge in [-0.2, -0.15) is 0 Å². The van der Waals surface area contributed by atoms with E-state index in [1.807, 2.05) is 0 Å². The van der Waals surface area contributed by atoms with Crippen LogP contribution in [0.4, 0.5) is 0 Å². The number of ether oxygens (including phenoxy) is 1. The van der Waals surface area contributed by atoms with Crippen molar-refractivity contribution < 1.29 is 14.3 Å². The number of rotatable bonds is 4. The Balaban J connectivity index is 0.00000289. The molecule has 106 valence electrons. The van der Waals surface area contributed by atoms with Gasteiger partial charge in [-0.1, -0.05) is 0 Å². The molecule has 1 atom stereocenters. The minimum absolute atomic E-state index is 0. The molecule has 2 N–H and O–H groups in total. The molecule has 18 heavy (non-hydrogen) atoms. The maximum absolute atomic E-state index is 11.9. The number of hydrogen-bond donors (Lipinski definition) is 2. The lowest BCUT2D eigenvalue weighted by Crippen LogP contribution is -2.45. The number of esters is 1. The van der Waals surface area contributed by atoms with Crippen molar-refractivity contribution in [1.82, 2.24) is 10.6 Å². The van der Waals surface area contributed by atoms with E-state index in [2.05, 4.69) is 10.6 Å². The first-order valence-corrected chi connectivity index (χ1v) is 6.04. The molecular weight excluding hydrogens is 256 g/mol. The standard InChI is InChI=1S/C12H22N2O3.ClH/c1-12(2,11(16)17-3)8-14-10(15)9-5-4-6-13-7-9;/h9,13H,4-8H2,1-3H3,(H,14,15);1H/t9-;/m1./s1. The van der Waals surface area contributed by atoms with Crippen LogP contribution >= 0.6 is 12.4 Å². The van der Waals surface area contributed by atoms with Crippen LogP contribution in [0.1, 0.15) is 26.7 Å². The van der Waals surface area contributed by atoms with Crippen LogP contribution in [0.25, 0.3) is 0 Å². The average Bonchev–Trinajstić information content (AvgIpc) is 2.36. The third kappa shape index (κ3) is 4.82. The average molecular weight is 279 g/mol. The van der Waals surface area contributed by atoms with Crippen molar-refractivity contribution >= 4 is 24.3 Å². The number of amides is 1. The minimum atomic E-state index is -0.674. The van der Waals surface area contributed by atoms with Gasteiger partial charge in [0, 0.05) is 13.1 Å². The van der Waals surface area contributed by atoms with Crippen LogP contribution in [-0.4, -0.2) is 38.6 Å². The molecule has 0 saturated carbocycles. The van der Waals surface area contributed by atoms with Crippen molar-refractivity contribution in [2.75, 3.05) is 26.7 Å². The fraction of sp³-hybridized carbons (Fsp3) is 0.833. The van der Waals surface area contributed by atoms with Crippen molar-refractivity contribution in [1.29, 1.82) is 0 Å². The molecule has 0 aromatic carbocycles. The van der Waals surface area contributed by atoms with Gasteiger partial charge in [0.1, 0.15) is 0 Å². The molecule has 1 aliphatic rings. The highest BCUT2D eigenvalue weighted by Gasteiger charge is 2.30. The SMILES string of the molecule is COC(=O)C(C)(C)CNC(=O)[C@@H]1CCCNC1.Cl. The molecule has 0 aromatic heterocycles. The zero-order valence-electron chi connectivity index (χ0n) is 11.2. The highest BCUT2D eigenvalue weighted by Crippen LogP contribution is 2.16. The summed E-state index contributed by atoms with van der Waals surface area (Å²) in [5.74, 6) is -0.258. The van der Waals surface area contributed by atoms with Crippen LogP contribution < -0.4 is 10.6 Å². The number of carbonyl (C=O) groups excluding carboxylic acids is 2. The summed E-state index contributed by atoms with van der Waals surface area (Å²) in [7, 11) is 1.36. The summed E-state index contributed by atoms with van der Waals surface area (Å²) in [6.45, 7) is 5.55. The molecule has 6 heteroatoms. The molecule has 5 nitrogen and oxygen atoms in total. The second-order valence-electron chi connectivity index (χ2n) is 5.14. The second kappa shape index (κ2) is 7.59. The lowest BCUT2D eigenvalue weighted by Gasteiger charge is -2.25. The summed E-state index contributed by atoms with van der Waals surface area (Å²) < 4.78 is 4.69. The molecular formula is C12H23ClN2O3. The first-order valence-electron chi connectivity index (χ1n) is 6.04. The molecule has 1 rings (SSSR count). The number of piperidine rings is 1. The molecule has 0 aromatic rings. The first kappa shape index (κ1) is 17.2. The topological polar surface area (TPSA) is 67.4 Å². The van der Waals surface area contributed by atoms with E-state index in [-0.39, 0.29) is 30.2 Å². The van der Waals surface area contributed by atoms with Gasteiger partial charge in [0.15, 0.2) is 0 Å². The van der Waals surface area contributed by atoms with Crippen molar-refractivity contribution in [2.45, 2.75) is 26.7 Å². The van der Waals surface area contributed by atoms with E-state index < -0.39 is 5.41 Å². The van der Waals surface area contributed by atoms with Gasteiger partial charge in [0.2, 0.25) is 5.91 Å². The fourth-order valence-electron chi connectivity index (χ4n) is 1.88. The van der Waals surface area contributed by atoms with Crippen molar-refractivity contribution in [3.63, 3.8) is 0 Å². The maximum Gasteiger partial charge on any atom is 0.313 e. The summed E-state index contributed by atoms with van der Waals surface area (Å²) in [6, 6.07) is 0. The zero-order valence-corrected chi connectivity index (χ0v) is 12.1. The summed E-state index contributed by atoms with van der Waals surface area (Å²) in [4.78, 5) is 23.3. The first-order chi connectivity index (χ1) is 7.97. The summed E-state index contributed by atoms with van der Waals surface area (Å²) in [5.41, 5.74) is -0.674. The van der Waals surface area contributed by atoms with E-state index in [1.165, 1.54) is 7.11 Å². The quantitative estimate of drug-likeness (QED) is 0.744. The van der Waals surface area contributed by atoms with E-state index in [0.29, 0.717) is 6.54 Å². The lowest BCUT2D eigenvalue weighted by atomic mass is 9.92. The molecule has 0 spiro atoms. The van der Waals surface area contributed by atoms with Crippen LogP contribution in [0, 0.1) is 11.3 Å². The Morgan fingerprint density at radius 1 is 1.44 bits per heavy atom. The molecule has 1 saturated heterocycles. The Morgan fingerprint density at radius 2 is 2.11 bits per heavy atom. The van der Waals surface area contributed by atoms with E-state index >= 15 is 0 Å². The molecule has 1 aliphatic heterocycles. The molecule has 1 fully saturated rings. The van der Waals surface area contributed by atoms with Crippen LogP contribution in [-0.2, 0) is 14.3 Å². The molecule has 1 amide bonds. The third-order valence-electron chi connectivity index (χ3n) is 3.11. The van der Waals surface area contributed by atoms with Gasteiger partial charge in [0.05, 0.1) is 18.4 Å². The van der Waals surface area contributed by atoms with E-state index in [1.54, 1.807) is 13.8 Å². The summed E-state index contributed by atoms with van der Waals surface area (Å²) in [5, 5.41) is 6.02. The van der Waals surface area contributed by atoms with E-state index in [9.17, 15) is 9.59 Å². The summed E-state index contributed by atoms with van der Waals surface area (Å²) >= 11 is 0. The Hall–Kier alpha value is -0.810. The van der Waals surface area contributed by atoms with Gasteiger partial charge < -0.3 is 15.4 Å². The Bertz CT molecular complexity index is 289. The van der Waals surface area contributed by atoms with Crippen molar-refractivity contribution in [2.24, 2.45) is 11.3 Å². The van der Waals surface area contributed by atoms with E-state index in [4.69, 9.17) is 4.74 Å². The van der Waals surface area contributed by atoms with Crippen molar-refractivity contribution in [3.8, 4) is 0 Å². The number of hydrogen-bond acceptors (Lipinski definition) is 4. The smallest absolute Gasteiger partial charge is 0.313 e. The number of halogens is 1. The van der Waals surface area contributed by atoms with Crippen LogP contribution in [0.5, 0.6) is 0 Å². The van der Waals surface area contributed by atoms with Crippen LogP contribution in [0.3, 0.4) is 0 Å². The van der Waals surface area contributed by atoms with E-state index in [0.717, 1.165) is 25.9 Å². The van der Waals surface area contributed by atoms with Crippen LogP contribution in [0.2, 0.25) is 0 Å². The largest absolute Gasteiger partial charge is 0.469 e. The molecule has 1 heterocycles. The minimum Gasteiger partial charge on any atom is -0.469 e. The molecule has 0 bridgehead atoms. The Labute approximate surface area is 114 Å². The molecule has 0 radical (unpaired) electrons. The third-order valence-corrected chi connectivity index (χ3v) is 3.11. The normalized spacial score (nSPS) is 19.6. The predicted molar refractivity (Wildman–Crippen MR) is 71.6 cm³/mol. The molecule has 0 aliphatic carbocycles. The Kier molecular flexibility index (Phi) is 7.25. The van der Waals surface area contributed by atoms with Gasteiger partial charge in [-0.05, 0) is 33.2 Å². The van der Waals surface area contributed by atoms with Gasteiger partial charge >= 0.3 is 5.97 Å². The van der Waals surface area contributed by atoms with Gasteiger partial charge in [0.25, 0.3) is 0 Å². The van der Waals surface area contributed by atoms with Gasteiger partial charge in [-0.15, -0.1) is 12.4 Å². The molecule has 0 unspecified atom stereocenters. The van der Waals surface area contributed by atoms with Crippen LogP contribution in [0.15, 0.2) is 0 Å². The summed E-state index contributed by atoms with van der Waals surface area (Å²) in [6.07, 6.45) is 1.94. The second-order valence-corrected chi connectivity index (χ2v) is 5.14. The van der Waals surface area contributed by atoms with Gasteiger partial charge in [-0.3, -0.25) is 9.59 Å². The lowest BCUT2D eigenvalue weighted by molar-refractivity contribution is -0.150. The predicted octanol–water partition coefficient (Wildman–Crippen LogP) is 0.723. The van der Waals surface area contributed by atoms with Crippen molar-refractivity contribution in [3.05, 3.63) is 0 Å². The highest BCUT2D eigenvalue weighted by molar-refractivity contribution is 5.85. The zero-order chi connectivity index (χ0) is 12.9. The number of methoxy groups -OCH3 is 1. The number of carbonyl (C=O) groups is 2. The monoisotopic (exact) mass is 278 g/mol. The Morgan fingerprint density at radius 3 is 2.61 bits per heavy atom. The fourth-order valence-corrected chi connectivity index (χ4v) is 1.88. The highest BCUT2D eigenvalue weighted by atomic mass is 35.5.